The van der Waals surface area contributed by atoms with Gasteiger partial charge in [0.1, 0.15) is 0 Å². The van der Waals surface area contributed by atoms with Crippen LogP contribution in [0.2, 0.25) is 0 Å². The van der Waals surface area contributed by atoms with Gasteiger partial charge in [-0.25, -0.2) is 0 Å². The van der Waals surface area contributed by atoms with Crippen LogP contribution in [0.3, 0.4) is 0 Å². The summed E-state index contributed by atoms with van der Waals surface area (Å²) in [6.07, 6.45) is 2.60. The molecule has 6 heteroatoms. The molecule has 1 N–H and O–H groups in total. The lowest BCUT2D eigenvalue weighted by molar-refractivity contribution is 0.0984. The van der Waals surface area contributed by atoms with Gasteiger partial charge in [-0.3, -0.25) is 9.78 Å². The highest BCUT2D eigenvalue weighted by Crippen LogP contribution is 2.37. The van der Waals surface area contributed by atoms with Crippen molar-refractivity contribution in [1.29, 1.82) is 0 Å². The van der Waals surface area contributed by atoms with Gasteiger partial charge in [-0.1, -0.05) is 24.3 Å². The van der Waals surface area contributed by atoms with Gasteiger partial charge in [0, 0.05) is 35.1 Å². The van der Waals surface area contributed by atoms with Gasteiger partial charge in [-0.2, -0.15) is 0 Å². The number of pyridine rings is 1. The quantitative estimate of drug-likeness (QED) is 0.448. The second kappa shape index (κ2) is 8.82. The van der Waals surface area contributed by atoms with Crippen molar-refractivity contribution in [2.75, 3.05) is 31.0 Å². The lowest BCUT2D eigenvalue weighted by Crippen LogP contribution is -2.38. The summed E-state index contributed by atoms with van der Waals surface area (Å²) in [6, 6.07) is 23.7. The van der Waals surface area contributed by atoms with Crippen LogP contribution in [0.15, 0.2) is 79.0 Å². The summed E-state index contributed by atoms with van der Waals surface area (Å²) >= 11 is 0. The molecule has 0 bridgehead atoms. The molecule has 1 amide bonds. The fraction of sp³-hybridized carbons (Fsp3) is 0.185. The van der Waals surface area contributed by atoms with Gasteiger partial charge >= 0.3 is 0 Å². The first-order valence-corrected chi connectivity index (χ1v) is 10.9. The summed E-state index contributed by atoms with van der Waals surface area (Å²) < 4.78 is 10.7. The van der Waals surface area contributed by atoms with E-state index in [1.807, 2.05) is 35.2 Å². The Morgan fingerprint density at radius 3 is 2.67 bits per heavy atom. The van der Waals surface area contributed by atoms with Crippen molar-refractivity contribution in [3.63, 3.8) is 0 Å². The Morgan fingerprint density at radius 1 is 0.970 bits per heavy atom. The number of ether oxygens (including phenoxy) is 2. The van der Waals surface area contributed by atoms with Crippen LogP contribution in [-0.4, -0.2) is 31.7 Å². The Hall–Kier alpha value is -4.06. The number of anilines is 2. The van der Waals surface area contributed by atoms with Crippen LogP contribution in [0.1, 0.15) is 28.4 Å². The highest BCUT2D eigenvalue weighted by molar-refractivity contribution is 6.07. The second-order valence-corrected chi connectivity index (χ2v) is 7.98. The van der Waals surface area contributed by atoms with E-state index in [-0.39, 0.29) is 11.9 Å². The van der Waals surface area contributed by atoms with E-state index in [4.69, 9.17) is 9.47 Å². The van der Waals surface area contributed by atoms with Gasteiger partial charge in [0.2, 0.25) is 0 Å². The number of fused-ring (bicyclic) bond motifs is 2. The van der Waals surface area contributed by atoms with E-state index in [9.17, 15) is 4.79 Å². The van der Waals surface area contributed by atoms with E-state index in [0.717, 1.165) is 34.3 Å². The number of rotatable bonds is 5. The predicted molar refractivity (Wildman–Crippen MR) is 130 cm³/mol. The molecule has 0 saturated heterocycles. The topological polar surface area (TPSA) is 63.7 Å². The van der Waals surface area contributed by atoms with Gasteiger partial charge < -0.3 is 19.7 Å². The van der Waals surface area contributed by atoms with Crippen molar-refractivity contribution in [2.45, 2.75) is 12.5 Å². The number of nitrogens with zero attached hydrogens (tertiary/aromatic N) is 2. The van der Waals surface area contributed by atoms with Crippen molar-refractivity contribution in [1.82, 2.24) is 4.98 Å². The van der Waals surface area contributed by atoms with Gasteiger partial charge in [0.25, 0.3) is 5.91 Å². The zero-order valence-corrected chi connectivity index (χ0v) is 18.6. The number of nitrogens with one attached hydrogen (secondary N) is 1. The number of aromatic nitrogens is 1. The number of benzene rings is 3. The summed E-state index contributed by atoms with van der Waals surface area (Å²) in [7, 11) is 3.15. The molecule has 0 fully saturated rings. The summed E-state index contributed by atoms with van der Waals surface area (Å²) in [4.78, 5) is 19.7. The van der Waals surface area contributed by atoms with Crippen molar-refractivity contribution in [3.05, 3.63) is 90.1 Å². The number of hydrogen-bond acceptors (Lipinski definition) is 5. The van der Waals surface area contributed by atoms with E-state index in [0.29, 0.717) is 23.6 Å². The lowest BCUT2D eigenvalue weighted by atomic mass is 9.95. The Kier molecular flexibility index (Phi) is 5.57. The fourth-order valence-corrected chi connectivity index (χ4v) is 4.41. The molecule has 0 spiro atoms. The van der Waals surface area contributed by atoms with Crippen molar-refractivity contribution < 1.29 is 14.3 Å². The first-order chi connectivity index (χ1) is 16.2. The SMILES string of the molecule is COc1ccc(C(=O)N2CCC(Nc3ccc4ncccc4c3)c3ccccc32)cc1OC. The molecule has 4 aromatic rings. The molecule has 2 heterocycles. The van der Waals surface area contributed by atoms with Crippen LogP contribution in [0.5, 0.6) is 11.5 Å². The molecular weight excluding hydrogens is 414 g/mol. The minimum atomic E-state index is -0.0568. The zero-order valence-electron chi connectivity index (χ0n) is 18.6. The minimum absolute atomic E-state index is 0.0568. The molecule has 0 saturated carbocycles. The molecule has 166 valence electrons. The molecule has 1 aliphatic heterocycles. The monoisotopic (exact) mass is 439 g/mol. The van der Waals surface area contributed by atoms with Gasteiger partial charge in [0.05, 0.1) is 25.8 Å². The molecule has 33 heavy (non-hydrogen) atoms. The van der Waals surface area contributed by atoms with E-state index in [1.54, 1.807) is 38.6 Å². The Balaban J connectivity index is 1.43. The number of carbonyl (C=O) groups is 1. The average Bonchev–Trinajstić information content (AvgIpc) is 2.88. The molecule has 1 aromatic heterocycles. The maximum absolute atomic E-state index is 13.4. The zero-order chi connectivity index (χ0) is 22.8. The molecular formula is C27H25N3O3. The summed E-state index contributed by atoms with van der Waals surface area (Å²) in [5, 5.41) is 4.75. The maximum Gasteiger partial charge on any atom is 0.258 e. The van der Waals surface area contributed by atoms with Crippen molar-refractivity contribution in [3.8, 4) is 11.5 Å². The smallest absolute Gasteiger partial charge is 0.258 e. The van der Waals surface area contributed by atoms with E-state index >= 15 is 0 Å². The molecule has 1 atom stereocenters. The second-order valence-electron chi connectivity index (χ2n) is 7.98. The highest BCUT2D eigenvalue weighted by Gasteiger charge is 2.29. The van der Waals surface area contributed by atoms with E-state index < -0.39 is 0 Å². The molecule has 1 unspecified atom stereocenters. The molecule has 0 aliphatic carbocycles. The number of carbonyl (C=O) groups excluding carboxylic acids is 1. The minimum Gasteiger partial charge on any atom is -0.493 e. The van der Waals surface area contributed by atoms with Crippen LogP contribution in [0.25, 0.3) is 10.9 Å². The molecule has 6 nitrogen and oxygen atoms in total. The molecule has 3 aromatic carbocycles. The highest BCUT2D eigenvalue weighted by atomic mass is 16.5. The first-order valence-electron chi connectivity index (χ1n) is 10.9. The van der Waals surface area contributed by atoms with Crippen LogP contribution in [-0.2, 0) is 0 Å². The van der Waals surface area contributed by atoms with E-state index in [2.05, 4.69) is 34.6 Å². The van der Waals surface area contributed by atoms with Crippen LogP contribution in [0.4, 0.5) is 11.4 Å². The van der Waals surface area contributed by atoms with Gasteiger partial charge in [-0.15, -0.1) is 0 Å². The number of para-hydroxylation sites is 1. The normalized spacial score (nSPS) is 15.1. The van der Waals surface area contributed by atoms with Gasteiger partial charge in [0.15, 0.2) is 11.5 Å². The lowest BCUT2D eigenvalue weighted by Gasteiger charge is -2.35. The average molecular weight is 440 g/mol. The number of methoxy groups -OCH3 is 2. The summed E-state index contributed by atoms with van der Waals surface area (Å²) in [5.41, 5.74) is 4.59. The standard InChI is InChI=1S/C27H25N3O3/c1-32-25-12-9-19(17-26(25)33-2)27(31)30-15-13-23(21-7-3-4-8-24(21)30)29-20-10-11-22-18(16-20)6-5-14-28-22/h3-12,14,16-17,23,29H,13,15H2,1-2H3. The summed E-state index contributed by atoms with van der Waals surface area (Å²) in [6.45, 7) is 0.608. The maximum atomic E-state index is 13.4. The van der Waals surface area contributed by atoms with Crippen molar-refractivity contribution in [2.24, 2.45) is 0 Å². The molecule has 0 radical (unpaired) electrons. The largest absolute Gasteiger partial charge is 0.493 e. The van der Waals surface area contributed by atoms with Crippen LogP contribution >= 0.6 is 0 Å². The number of hydrogen-bond donors (Lipinski definition) is 1. The van der Waals surface area contributed by atoms with E-state index in [1.165, 1.54) is 0 Å². The molecule has 5 rings (SSSR count). The molecule has 1 aliphatic rings. The number of amides is 1. The Labute approximate surface area is 192 Å². The predicted octanol–water partition coefficient (Wildman–Crippen LogP) is 5.46. The fourth-order valence-electron chi connectivity index (χ4n) is 4.41. The summed E-state index contributed by atoms with van der Waals surface area (Å²) in [5.74, 6) is 1.08. The Morgan fingerprint density at radius 2 is 1.82 bits per heavy atom. The third-order valence-electron chi connectivity index (χ3n) is 6.06. The first kappa shape index (κ1) is 20.8. The van der Waals surface area contributed by atoms with Crippen LogP contribution in [0, 0.1) is 0 Å². The van der Waals surface area contributed by atoms with Crippen molar-refractivity contribution >= 4 is 28.2 Å². The van der Waals surface area contributed by atoms with Crippen LogP contribution < -0.4 is 19.7 Å². The van der Waals surface area contributed by atoms with Gasteiger partial charge in [-0.05, 0) is 60.5 Å². The third-order valence-corrected chi connectivity index (χ3v) is 6.06. The Bertz CT molecular complexity index is 1320. The third kappa shape index (κ3) is 3.96.